The molecule has 2 N–H and O–H groups in total. The Bertz CT molecular complexity index is 1130. The van der Waals surface area contributed by atoms with E-state index in [0.29, 0.717) is 34.2 Å². The van der Waals surface area contributed by atoms with E-state index in [9.17, 15) is 9.59 Å². The summed E-state index contributed by atoms with van der Waals surface area (Å²) in [6, 6.07) is 4.82. The van der Waals surface area contributed by atoms with Gasteiger partial charge in [0, 0.05) is 0 Å². The molecule has 0 saturated heterocycles. The normalized spacial score (nSPS) is 10.7. The second-order valence-corrected chi connectivity index (χ2v) is 8.47. The molecule has 0 radical (unpaired) electrons. The van der Waals surface area contributed by atoms with Crippen molar-refractivity contribution in [3.05, 3.63) is 35.0 Å². The van der Waals surface area contributed by atoms with Crippen LogP contribution in [0.1, 0.15) is 36.0 Å². The fraction of sp³-hybridized carbons (Fsp3) is 0.316. The van der Waals surface area contributed by atoms with E-state index in [2.05, 4.69) is 25.5 Å². The number of aryl methyl sites for hydroxylation is 1. The van der Waals surface area contributed by atoms with Gasteiger partial charge in [0.05, 0.1) is 24.1 Å². The highest BCUT2D eigenvalue weighted by atomic mass is 32.2. The molecule has 0 fully saturated rings. The highest BCUT2D eigenvalue weighted by Gasteiger charge is 2.17. The number of hydrogen-bond donors (Lipinski definition) is 1. The summed E-state index contributed by atoms with van der Waals surface area (Å²) in [5.74, 6) is 0.557. The highest BCUT2D eigenvalue weighted by Crippen LogP contribution is 2.33. The van der Waals surface area contributed by atoms with Crippen LogP contribution in [0.5, 0.6) is 0 Å². The van der Waals surface area contributed by atoms with Gasteiger partial charge in [-0.3, -0.25) is 4.79 Å². The van der Waals surface area contributed by atoms with Crippen LogP contribution in [0.4, 0.5) is 16.6 Å². The van der Waals surface area contributed by atoms with Crippen LogP contribution in [0.2, 0.25) is 0 Å². The van der Waals surface area contributed by atoms with Gasteiger partial charge < -0.3 is 15.2 Å². The van der Waals surface area contributed by atoms with E-state index in [0.717, 1.165) is 10.1 Å². The number of esters is 1. The predicted octanol–water partition coefficient (Wildman–Crippen LogP) is 4.24. The minimum atomic E-state index is -0.548. The fourth-order valence-electron chi connectivity index (χ4n) is 2.62. The van der Waals surface area contributed by atoms with Crippen molar-refractivity contribution in [3.63, 3.8) is 0 Å². The SMILES string of the molecule is C.CCSc1nnc(N=Nc2c(C)nn(-c3cc(COC=O)cc(C(=O)OC)c3)c2N)s1. The Morgan fingerprint density at radius 2 is 2.09 bits per heavy atom. The molecular weight excluding hydrogens is 454 g/mol. The zero-order chi connectivity index (χ0) is 22.4. The first-order valence-electron chi connectivity index (χ1n) is 8.97. The average molecular weight is 478 g/mol. The summed E-state index contributed by atoms with van der Waals surface area (Å²) in [6.07, 6.45) is 0. The standard InChI is InChI=1S/C18H19N7O4S2.CH4/c1-4-30-18-23-22-17(31-18)21-20-14-10(2)24-25(15(14)19)13-6-11(8-29-9-26)5-12(7-13)16(27)28-3;/h5-7,9H,4,8,19H2,1-3H3;1H4. The van der Waals surface area contributed by atoms with E-state index in [4.69, 9.17) is 15.2 Å². The number of ether oxygens (including phenoxy) is 2. The Kier molecular flexibility index (Phi) is 8.84. The second kappa shape index (κ2) is 11.3. The number of rotatable bonds is 9. The lowest BCUT2D eigenvalue weighted by atomic mass is 10.1. The number of carbonyl (C=O) groups is 2. The molecule has 0 aliphatic carbocycles. The average Bonchev–Trinajstić information content (AvgIpc) is 3.33. The Morgan fingerprint density at radius 3 is 2.78 bits per heavy atom. The summed E-state index contributed by atoms with van der Waals surface area (Å²) >= 11 is 2.90. The maximum Gasteiger partial charge on any atom is 0.337 e. The van der Waals surface area contributed by atoms with Gasteiger partial charge in [0.15, 0.2) is 15.8 Å². The van der Waals surface area contributed by atoms with E-state index < -0.39 is 5.97 Å². The van der Waals surface area contributed by atoms with Crippen molar-refractivity contribution in [2.24, 2.45) is 10.2 Å². The number of thioether (sulfide) groups is 1. The molecule has 0 spiro atoms. The first-order valence-corrected chi connectivity index (χ1v) is 10.8. The molecule has 170 valence electrons. The number of azo groups is 1. The third-order valence-corrected chi connectivity index (χ3v) is 5.75. The van der Waals surface area contributed by atoms with Gasteiger partial charge in [0.2, 0.25) is 0 Å². The molecule has 0 aliphatic rings. The maximum absolute atomic E-state index is 12.0. The van der Waals surface area contributed by atoms with Gasteiger partial charge >= 0.3 is 5.97 Å². The minimum absolute atomic E-state index is 0. The lowest BCUT2D eigenvalue weighted by molar-refractivity contribution is -0.129. The van der Waals surface area contributed by atoms with E-state index >= 15 is 0 Å². The smallest absolute Gasteiger partial charge is 0.337 e. The van der Waals surface area contributed by atoms with Gasteiger partial charge in [-0.25, -0.2) is 9.48 Å². The Morgan fingerprint density at radius 1 is 1.31 bits per heavy atom. The monoisotopic (exact) mass is 477 g/mol. The summed E-state index contributed by atoms with van der Waals surface area (Å²) < 4.78 is 11.8. The number of carbonyl (C=O) groups excluding carboxylic acids is 2. The zero-order valence-corrected chi connectivity index (χ0v) is 18.6. The van der Waals surface area contributed by atoms with Crippen molar-refractivity contribution in [1.29, 1.82) is 0 Å². The molecule has 0 bridgehead atoms. The summed E-state index contributed by atoms with van der Waals surface area (Å²) in [4.78, 5) is 22.6. The molecule has 2 heterocycles. The number of nitrogens with two attached hydrogens (primary N) is 1. The van der Waals surface area contributed by atoms with Crippen molar-refractivity contribution >= 4 is 52.2 Å². The van der Waals surface area contributed by atoms with Gasteiger partial charge in [-0.05, 0) is 36.4 Å². The van der Waals surface area contributed by atoms with E-state index in [-0.39, 0.29) is 25.4 Å². The van der Waals surface area contributed by atoms with Gasteiger partial charge in [0.25, 0.3) is 11.6 Å². The maximum atomic E-state index is 12.0. The first kappa shape index (κ1) is 24.9. The van der Waals surface area contributed by atoms with Crippen molar-refractivity contribution < 1.29 is 19.1 Å². The Labute approximate surface area is 193 Å². The van der Waals surface area contributed by atoms with Crippen molar-refractivity contribution in [2.75, 3.05) is 18.6 Å². The fourth-order valence-corrected chi connectivity index (χ4v) is 4.18. The van der Waals surface area contributed by atoms with Crippen molar-refractivity contribution in [1.82, 2.24) is 20.0 Å². The summed E-state index contributed by atoms with van der Waals surface area (Å²) in [5.41, 5.74) is 8.47. The number of nitrogen functional groups attached to an aromatic ring is 1. The third kappa shape index (κ3) is 5.68. The van der Waals surface area contributed by atoms with E-state index in [1.165, 1.54) is 23.1 Å². The molecule has 11 nitrogen and oxygen atoms in total. The van der Waals surface area contributed by atoms with Crippen molar-refractivity contribution in [2.45, 2.75) is 32.2 Å². The summed E-state index contributed by atoms with van der Waals surface area (Å²) in [7, 11) is 1.28. The lowest BCUT2D eigenvalue weighted by Gasteiger charge is -2.09. The van der Waals surface area contributed by atoms with Gasteiger partial charge in [-0.2, -0.15) is 5.10 Å². The first-order chi connectivity index (χ1) is 15.0. The molecule has 2 aromatic heterocycles. The minimum Gasteiger partial charge on any atom is -0.465 e. The third-order valence-electron chi connectivity index (χ3n) is 3.92. The topological polar surface area (TPSA) is 147 Å². The lowest BCUT2D eigenvalue weighted by Crippen LogP contribution is -2.08. The molecule has 1 aromatic carbocycles. The largest absolute Gasteiger partial charge is 0.465 e. The number of benzene rings is 1. The number of nitrogens with zero attached hydrogens (tertiary/aromatic N) is 6. The molecule has 0 atom stereocenters. The predicted molar refractivity (Wildman–Crippen MR) is 122 cm³/mol. The second-order valence-electron chi connectivity index (χ2n) is 6.00. The van der Waals surface area contributed by atoms with Crippen LogP contribution in [0.25, 0.3) is 5.69 Å². The van der Waals surface area contributed by atoms with E-state index in [1.54, 1.807) is 36.9 Å². The van der Waals surface area contributed by atoms with Crippen LogP contribution < -0.4 is 5.73 Å². The quantitative estimate of drug-likeness (QED) is 0.207. The number of anilines is 1. The van der Waals surface area contributed by atoms with Gasteiger partial charge in [0.1, 0.15) is 6.61 Å². The van der Waals surface area contributed by atoms with Crippen LogP contribution in [0.15, 0.2) is 32.8 Å². The molecule has 3 rings (SSSR count). The Hall–Kier alpha value is -3.32. The van der Waals surface area contributed by atoms with Gasteiger partial charge in [-0.15, -0.1) is 20.4 Å². The molecule has 0 saturated carbocycles. The number of hydrogen-bond acceptors (Lipinski definition) is 12. The number of methoxy groups -OCH3 is 1. The van der Waals surface area contributed by atoms with Crippen LogP contribution in [-0.2, 0) is 20.9 Å². The van der Waals surface area contributed by atoms with E-state index in [1.807, 2.05) is 6.92 Å². The van der Waals surface area contributed by atoms with Crippen LogP contribution in [0.3, 0.4) is 0 Å². The summed E-state index contributed by atoms with van der Waals surface area (Å²) in [5, 5.41) is 21.1. The Balaban J connectivity index is 0.00000363. The van der Waals surface area contributed by atoms with Gasteiger partial charge in [-0.1, -0.05) is 37.4 Å². The van der Waals surface area contributed by atoms with Crippen LogP contribution in [0, 0.1) is 6.92 Å². The zero-order valence-electron chi connectivity index (χ0n) is 16.9. The highest BCUT2D eigenvalue weighted by molar-refractivity contribution is 8.01. The molecule has 13 heteroatoms. The van der Waals surface area contributed by atoms with Crippen LogP contribution >= 0.6 is 23.1 Å². The molecular formula is C19H23N7O4S2. The molecule has 0 aliphatic heterocycles. The molecule has 0 unspecified atom stereocenters. The van der Waals surface area contributed by atoms with Crippen LogP contribution in [-0.4, -0.2) is 45.3 Å². The molecule has 32 heavy (non-hydrogen) atoms. The summed E-state index contributed by atoms with van der Waals surface area (Å²) in [6.45, 7) is 4.06. The molecule has 0 amide bonds. The number of aromatic nitrogens is 4. The van der Waals surface area contributed by atoms with Crippen molar-refractivity contribution in [3.8, 4) is 5.69 Å². The molecule has 3 aromatic rings.